The topological polar surface area (TPSA) is 25.4 Å². The van der Waals surface area contributed by atoms with Crippen molar-refractivity contribution in [1.29, 1.82) is 0 Å². The van der Waals surface area contributed by atoms with E-state index in [-0.39, 0.29) is 5.60 Å². The van der Waals surface area contributed by atoms with E-state index in [0.717, 1.165) is 40.9 Å². The summed E-state index contributed by atoms with van der Waals surface area (Å²) in [6, 6.07) is 10.4. The average Bonchev–Trinajstić information content (AvgIpc) is 2.38. The molecule has 4 heteroatoms. The minimum Gasteiger partial charge on any atom is -0.372 e. The van der Waals surface area contributed by atoms with Gasteiger partial charge in [-0.2, -0.15) is 0 Å². The third kappa shape index (κ3) is 2.60. The van der Waals surface area contributed by atoms with E-state index >= 15 is 0 Å². The highest BCUT2D eigenvalue weighted by Gasteiger charge is 2.27. The Morgan fingerprint density at radius 1 is 1.26 bits per heavy atom. The molecular weight excluding hydrogens is 304 g/mol. The molecule has 1 saturated heterocycles. The summed E-state index contributed by atoms with van der Waals surface area (Å²) in [5.74, 6) is 1.02. The van der Waals surface area contributed by atoms with Gasteiger partial charge in [0, 0.05) is 22.9 Å². The number of para-hydroxylation sites is 1. The quantitative estimate of drug-likeness (QED) is 0.802. The Morgan fingerprint density at radius 2 is 2.11 bits per heavy atom. The van der Waals surface area contributed by atoms with Gasteiger partial charge >= 0.3 is 0 Å². The van der Waals surface area contributed by atoms with Crippen molar-refractivity contribution >= 4 is 32.7 Å². The number of hydrogen-bond donors (Lipinski definition) is 0. The minimum atomic E-state index is -0.108. The van der Waals surface area contributed by atoms with Crippen LogP contribution in [0.2, 0.25) is 0 Å². The van der Waals surface area contributed by atoms with Gasteiger partial charge in [0.15, 0.2) is 0 Å². The largest absolute Gasteiger partial charge is 0.372 e. The van der Waals surface area contributed by atoms with E-state index in [2.05, 4.69) is 52.9 Å². The summed E-state index contributed by atoms with van der Waals surface area (Å²) in [5.41, 5.74) is 0.910. The first-order chi connectivity index (χ1) is 9.05. The van der Waals surface area contributed by atoms with Gasteiger partial charge in [0.05, 0.1) is 17.7 Å². The van der Waals surface area contributed by atoms with Crippen LogP contribution < -0.4 is 4.90 Å². The Labute approximate surface area is 121 Å². The summed E-state index contributed by atoms with van der Waals surface area (Å²) >= 11 is 3.57. The number of nitrogens with zero attached hydrogens (tertiary/aromatic N) is 2. The van der Waals surface area contributed by atoms with E-state index in [4.69, 9.17) is 9.72 Å². The number of ether oxygens (including phenoxy) is 1. The Hall–Kier alpha value is -1.13. The van der Waals surface area contributed by atoms with Crippen molar-refractivity contribution in [1.82, 2.24) is 4.98 Å². The van der Waals surface area contributed by atoms with E-state index in [0.29, 0.717) is 0 Å². The van der Waals surface area contributed by atoms with Gasteiger partial charge in [0.1, 0.15) is 5.82 Å². The molecule has 0 saturated carbocycles. The molecule has 0 spiro atoms. The Balaban J connectivity index is 1.99. The number of aromatic nitrogens is 1. The van der Waals surface area contributed by atoms with Gasteiger partial charge in [0.25, 0.3) is 0 Å². The predicted molar refractivity (Wildman–Crippen MR) is 81.7 cm³/mol. The maximum absolute atomic E-state index is 5.75. The summed E-state index contributed by atoms with van der Waals surface area (Å²) in [5, 5.41) is 1.16. The molecule has 3 rings (SSSR count). The lowest BCUT2D eigenvalue weighted by molar-refractivity contribution is -0.0278. The fourth-order valence-corrected chi connectivity index (χ4v) is 2.96. The smallest absolute Gasteiger partial charge is 0.129 e. The van der Waals surface area contributed by atoms with Gasteiger partial charge in [-0.15, -0.1) is 0 Å². The normalized spacial score (nSPS) is 18.8. The zero-order valence-corrected chi connectivity index (χ0v) is 12.8. The first-order valence-electron chi connectivity index (χ1n) is 6.49. The molecule has 3 nitrogen and oxygen atoms in total. The first-order valence-corrected chi connectivity index (χ1v) is 7.29. The van der Waals surface area contributed by atoms with Crippen molar-refractivity contribution in [3.63, 3.8) is 0 Å². The van der Waals surface area contributed by atoms with E-state index in [1.165, 1.54) is 0 Å². The molecule has 0 bridgehead atoms. The maximum atomic E-state index is 5.75. The lowest BCUT2D eigenvalue weighted by atomic mass is 10.1. The molecule has 1 aromatic carbocycles. The first kappa shape index (κ1) is 12.9. The number of hydrogen-bond acceptors (Lipinski definition) is 3. The highest BCUT2D eigenvalue weighted by Crippen LogP contribution is 2.27. The number of fused-ring (bicyclic) bond motifs is 1. The van der Waals surface area contributed by atoms with Crippen LogP contribution in [0.5, 0.6) is 0 Å². The second kappa shape index (κ2) is 4.76. The van der Waals surface area contributed by atoms with Gasteiger partial charge in [-0.1, -0.05) is 12.1 Å². The second-order valence-electron chi connectivity index (χ2n) is 5.51. The van der Waals surface area contributed by atoms with E-state index < -0.39 is 0 Å². The zero-order valence-electron chi connectivity index (χ0n) is 11.2. The number of benzene rings is 1. The highest BCUT2D eigenvalue weighted by atomic mass is 79.9. The predicted octanol–water partition coefficient (Wildman–Crippen LogP) is 3.61. The summed E-state index contributed by atoms with van der Waals surface area (Å²) in [6.07, 6.45) is 0. The van der Waals surface area contributed by atoms with E-state index in [9.17, 15) is 0 Å². The molecule has 0 unspecified atom stereocenters. The van der Waals surface area contributed by atoms with Crippen LogP contribution in [0.3, 0.4) is 0 Å². The van der Waals surface area contributed by atoms with Crippen molar-refractivity contribution in [2.24, 2.45) is 0 Å². The third-order valence-electron chi connectivity index (χ3n) is 3.41. The summed E-state index contributed by atoms with van der Waals surface area (Å²) in [4.78, 5) is 7.08. The van der Waals surface area contributed by atoms with Gasteiger partial charge in [-0.25, -0.2) is 4.98 Å². The monoisotopic (exact) mass is 320 g/mol. The molecule has 1 aliphatic rings. The van der Waals surface area contributed by atoms with Crippen LogP contribution in [0.4, 0.5) is 5.82 Å². The highest BCUT2D eigenvalue weighted by molar-refractivity contribution is 9.10. The van der Waals surface area contributed by atoms with Crippen molar-refractivity contribution < 1.29 is 4.74 Å². The van der Waals surface area contributed by atoms with Gasteiger partial charge in [-0.3, -0.25) is 0 Å². The van der Waals surface area contributed by atoms with Crippen LogP contribution in [0, 0.1) is 0 Å². The fraction of sp³-hybridized carbons (Fsp3) is 0.400. The Bertz CT molecular complexity index is 612. The molecular formula is C15H17BrN2O. The van der Waals surface area contributed by atoms with Crippen molar-refractivity contribution in [2.45, 2.75) is 19.4 Å². The van der Waals surface area contributed by atoms with Crippen LogP contribution in [0.15, 0.2) is 34.8 Å². The molecule has 1 aromatic heterocycles. The number of rotatable bonds is 1. The fourth-order valence-electron chi connectivity index (χ4n) is 2.49. The van der Waals surface area contributed by atoms with Crippen LogP contribution in [0.25, 0.3) is 10.9 Å². The Morgan fingerprint density at radius 3 is 2.89 bits per heavy atom. The molecule has 1 fully saturated rings. The average molecular weight is 321 g/mol. The summed E-state index contributed by atoms with van der Waals surface area (Å²) < 4.78 is 6.79. The molecule has 1 aliphatic heterocycles. The van der Waals surface area contributed by atoms with Crippen LogP contribution in [-0.2, 0) is 4.74 Å². The van der Waals surface area contributed by atoms with E-state index in [1.807, 2.05) is 12.1 Å². The number of halogens is 1. The van der Waals surface area contributed by atoms with Crippen LogP contribution >= 0.6 is 15.9 Å². The maximum Gasteiger partial charge on any atom is 0.129 e. The number of pyridine rings is 1. The molecule has 0 aliphatic carbocycles. The van der Waals surface area contributed by atoms with Gasteiger partial charge in [0.2, 0.25) is 0 Å². The summed E-state index contributed by atoms with van der Waals surface area (Å²) in [7, 11) is 0. The van der Waals surface area contributed by atoms with Gasteiger partial charge < -0.3 is 9.64 Å². The lowest BCUT2D eigenvalue weighted by Gasteiger charge is -2.38. The molecule has 0 radical (unpaired) electrons. The van der Waals surface area contributed by atoms with E-state index in [1.54, 1.807) is 0 Å². The number of anilines is 1. The Kier molecular flexibility index (Phi) is 3.23. The number of morpholine rings is 1. The van der Waals surface area contributed by atoms with Crippen LogP contribution in [-0.4, -0.2) is 30.3 Å². The van der Waals surface area contributed by atoms with Crippen molar-refractivity contribution in [2.75, 3.05) is 24.6 Å². The third-order valence-corrected chi connectivity index (χ3v) is 4.05. The molecule has 2 aromatic rings. The molecule has 2 heterocycles. The second-order valence-corrected chi connectivity index (χ2v) is 6.37. The lowest BCUT2D eigenvalue weighted by Crippen LogP contribution is -2.48. The standard InChI is InChI=1S/C15H17BrN2O/c1-15(2)10-18(8-9-19-15)13-7-6-11-4-3-5-12(16)14(11)17-13/h3-7H,8-10H2,1-2H3. The van der Waals surface area contributed by atoms with Crippen molar-refractivity contribution in [3.8, 4) is 0 Å². The van der Waals surface area contributed by atoms with Crippen LogP contribution in [0.1, 0.15) is 13.8 Å². The molecule has 19 heavy (non-hydrogen) atoms. The molecule has 0 amide bonds. The zero-order chi connectivity index (χ0) is 13.5. The molecule has 0 N–H and O–H groups in total. The molecule has 0 atom stereocenters. The minimum absolute atomic E-state index is 0.108. The SMILES string of the molecule is CC1(C)CN(c2ccc3cccc(Br)c3n2)CCO1. The van der Waals surface area contributed by atoms with Gasteiger partial charge in [-0.05, 0) is 48.0 Å². The molecule has 100 valence electrons. The van der Waals surface area contributed by atoms with Crippen molar-refractivity contribution in [3.05, 3.63) is 34.8 Å². The summed E-state index contributed by atoms with van der Waals surface area (Å²) in [6.45, 7) is 6.76.